The number of ether oxygens (including phenoxy) is 1. The molecule has 28 heavy (non-hydrogen) atoms. The summed E-state index contributed by atoms with van der Waals surface area (Å²) < 4.78 is 32.2. The number of Topliss-reactive ketones (excluding diaryl/α,β-unsaturated/α-hetero) is 1. The van der Waals surface area contributed by atoms with Gasteiger partial charge < -0.3 is 9.64 Å². The Hall–Kier alpha value is -1.93. The van der Waals surface area contributed by atoms with Crippen molar-refractivity contribution < 1.29 is 22.7 Å². The van der Waals surface area contributed by atoms with Gasteiger partial charge in [-0.25, -0.2) is 13.2 Å². The number of benzene rings is 1. The van der Waals surface area contributed by atoms with Crippen LogP contribution in [0.3, 0.4) is 0 Å². The third kappa shape index (κ3) is 5.11. The molecular formula is C20H30N2O5S. The maximum atomic E-state index is 12.9. The Morgan fingerprint density at radius 1 is 1.18 bits per heavy atom. The lowest BCUT2D eigenvalue weighted by atomic mass is 9.98. The van der Waals surface area contributed by atoms with Crippen LogP contribution in [0.25, 0.3) is 0 Å². The van der Waals surface area contributed by atoms with E-state index in [0.29, 0.717) is 24.7 Å². The van der Waals surface area contributed by atoms with Crippen LogP contribution in [-0.4, -0.2) is 57.3 Å². The Labute approximate surface area is 167 Å². The molecule has 1 aromatic rings. The van der Waals surface area contributed by atoms with E-state index in [1.807, 2.05) is 0 Å². The first-order chi connectivity index (χ1) is 13.2. The average Bonchev–Trinajstić information content (AvgIpc) is 2.67. The summed E-state index contributed by atoms with van der Waals surface area (Å²) in [5, 5.41) is 0. The van der Waals surface area contributed by atoms with Crippen molar-refractivity contribution in [2.24, 2.45) is 5.92 Å². The Balaban J connectivity index is 2.45. The maximum absolute atomic E-state index is 12.9. The Morgan fingerprint density at radius 2 is 1.79 bits per heavy atom. The van der Waals surface area contributed by atoms with Crippen LogP contribution in [0.2, 0.25) is 0 Å². The van der Waals surface area contributed by atoms with E-state index in [-0.39, 0.29) is 22.8 Å². The zero-order valence-corrected chi connectivity index (χ0v) is 17.9. The summed E-state index contributed by atoms with van der Waals surface area (Å²) in [5.41, 5.74) is 0.836. The standard InChI is InChI=1S/C20H30N2O5S/c1-5-22(6-2)28(25,26)17-7-8-19(21-11-9-15(3)10-12-21)18(13-17)20(24)27-14-16(4)23/h7-8,13,15H,5-6,9-12,14H2,1-4H3. The molecule has 0 unspecified atom stereocenters. The molecule has 1 aromatic carbocycles. The van der Waals surface area contributed by atoms with Gasteiger partial charge in [-0.15, -0.1) is 0 Å². The van der Waals surface area contributed by atoms with Gasteiger partial charge in [0.15, 0.2) is 5.78 Å². The van der Waals surface area contributed by atoms with Crippen LogP contribution in [-0.2, 0) is 19.6 Å². The number of carbonyl (C=O) groups is 2. The van der Waals surface area contributed by atoms with Gasteiger partial charge in [0.2, 0.25) is 10.0 Å². The first-order valence-corrected chi connectivity index (χ1v) is 11.2. The van der Waals surface area contributed by atoms with E-state index in [4.69, 9.17) is 4.74 Å². The lowest BCUT2D eigenvalue weighted by molar-refractivity contribution is -0.120. The summed E-state index contributed by atoms with van der Waals surface area (Å²) in [5.74, 6) is -0.333. The van der Waals surface area contributed by atoms with E-state index < -0.39 is 16.0 Å². The second kappa shape index (κ2) is 9.52. The van der Waals surface area contributed by atoms with Crippen molar-refractivity contribution in [3.05, 3.63) is 23.8 Å². The largest absolute Gasteiger partial charge is 0.454 e. The predicted octanol–water partition coefficient (Wildman–Crippen LogP) is 2.70. The van der Waals surface area contributed by atoms with Crippen molar-refractivity contribution in [1.82, 2.24) is 4.31 Å². The van der Waals surface area contributed by atoms with Gasteiger partial charge >= 0.3 is 5.97 Å². The van der Waals surface area contributed by atoms with E-state index in [1.54, 1.807) is 26.0 Å². The first-order valence-electron chi connectivity index (χ1n) is 9.76. The summed E-state index contributed by atoms with van der Waals surface area (Å²) in [6.07, 6.45) is 2.00. The van der Waals surface area contributed by atoms with E-state index in [9.17, 15) is 18.0 Å². The molecular weight excluding hydrogens is 380 g/mol. The molecule has 1 saturated heterocycles. The van der Waals surface area contributed by atoms with Crippen LogP contribution >= 0.6 is 0 Å². The highest BCUT2D eigenvalue weighted by Crippen LogP contribution is 2.30. The number of piperidine rings is 1. The van der Waals surface area contributed by atoms with Crippen LogP contribution in [0.15, 0.2) is 23.1 Å². The number of rotatable bonds is 8. The SMILES string of the molecule is CCN(CC)S(=O)(=O)c1ccc(N2CCC(C)CC2)c(C(=O)OCC(C)=O)c1. The lowest BCUT2D eigenvalue weighted by Gasteiger charge is -2.33. The van der Waals surface area contributed by atoms with E-state index in [1.165, 1.54) is 17.3 Å². The zero-order chi connectivity index (χ0) is 20.9. The Bertz CT molecular complexity index is 810. The fourth-order valence-corrected chi connectivity index (χ4v) is 4.81. The van der Waals surface area contributed by atoms with Gasteiger partial charge in [-0.05, 0) is 43.9 Å². The zero-order valence-electron chi connectivity index (χ0n) is 17.1. The van der Waals surface area contributed by atoms with E-state index in [2.05, 4.69) is 11.8 Å². The molecule has 0 atom stereocenters. The molecule has 1 aliphatic rings. The normalized spacial score (nSPS) is 15.7. The number of hydrogen-bond donors (Lipinski definition) is 0. The first kappa shape index (κ1) is 22.4. The molecule has 0 radical (unpaired) electrons. The summed E-state index contributed by atoms with van der Waals surface area (Å²) in [7, 11) is -3.70. The van der Waals surface area contributed by atoms with Gasteiger partial charge in [-0.3, -0.25) is 4.79 Å². The molecule has 8 heteroatoms. The van der Waals surface area contributed by atoms with Gasteiger partial charge in [0.05, 0.1) is 16.1 Å². The molecule has 2 rings (SSSR count). The van der Waals surface area contributed by atoms with Crippen molar-refractivity contribution in [2.45, 2.75) is 45.4 Å². The highest BCUT2D eigenvalue weighted by Gasteiger charge is 2.27. The van der Waals surface area contributed by atoms with Crippen molar-refractivity contribution in [3.8, 4) is 0 Å². The van der Waals surface area contributed by atoms with Crippen molar-refractivity contribution in [3.63, 3.8) is 0 Å². The van der Waals surface area contributed by atoms with Gasteiger partial charge in [0.1, 0.15) is 6.61 Å². The predicted molar refractivity (Wildman–Crippen MR) is 108 cm³/mol. The molecule has 0 aliphatic carbocycles. The van der Waals surface area contributed by atoms with Crippen LogP contribution in [0.4, 0.5) is 5.69 Å². The molecule has 7 nitrogen and oxygen atoms in total. The molecule has 0 aromatic heterocycles. The molecule has 0 bridgehead atoms. The highest BCUT2D eigenvalue weighted by molar-refractivity contribution is 7.89. The number of carbonyl (C=O) groups excluding carboxylic acids is 2. The van der Waals surface area contributed by atoms with E-state index in [0.717, 1.165) is 25.9 Å². The Morgan fingerprint density at radius 3 is 2.32 bits per heavy atom. The number of hydrogen-bond acceptors (Lipinski definition) is 6. The molecule has 1 fully saturated rings. The fraction of sp³-hybridized carbons (Fsp3) is 0.600. The number of nitrogens with zero attached hydrogens (tertiary/aromatic N) is 2. The van der Waals surface area contributed by atoms with Crippen LogP contribution < -0.4 is 4.90 Å². The second-order valence-corrected chi connectivity index (χ2v) is 9.15. The highest BCUT2D eigenvalue weighted by atomic mass is 32.2. The molecule has 0 amide bonds. The van der Waals surface area contributed by atoms with Gasteiger partial charge in [-0.1, -0.05) is 20.8 Å². The molecule has 0 spiro atoms. The number of anilines is 1. The van der Waals surface area contributed by atoms with Crippen molar-refractivity contribution in [2.75, 3.05) is 37.7 Å². The minimum absolute atomic E-state index is 0.0557. The van der Waals surface area contributed by atoms with Gasteiger partial charge in [0, 0.05) is 26.2 Å². The Kier molecular flexibility index (Phi) is 7.60. The van der Waals surface area contributed by atoms with Crippen LogP contribution in [0, 0.1) is 5.92 Å². The topological polar surface area (TPSA) is 84.0 Å². The summed E-state index contributed by atoms with van der Waals surface area (Å²) in [6, 6.07) is 4.60. The third-order valence-corrected chi connectivity index (χ3v) is 7.11. The molecule has 0 saturated carbocycles. The smallest absolute Gasteiger partial charge is 0.340 e. The van der Waals surface area contributed by atoms with Gasteiger partial charge in [-0.2, -0.15) is 4.31 Å². The monoisotopic (exact) mass is 410 g/mol. The quantitative estimate of drug-likeness (QED) is 0.613. The summed E-state index contributed by atoms with van der Waals surface area (Å²) in [4.78, 5) is 26.0. The third-order valence-electron chi connectivity index (χ3n) is 5.06. The maximum Gasteiger partial charge on any atom is 0.340 e. The summed E-state index contributed by atoms with van der Waals surface area (Å²) in [6.45, 7) is 9.00. The van der Waals surface area contributed by atoms with Crippen LogP contribution in [0.1, 0.15) is 50.9 Å². The van der Waals surface area contributed by atoms with Crippen molar-refractivity contribution in [1.29, 1.82) is 0 Å². The number of esters is 1. The molecule has 156 valence electrons. The lowest BCUT2D eigenvalue weighted by Crippen LogP contribution is -2.34. The average molecular weight is 411 g/mol. The minimum atomic E-state index is -3.70. The summed E-state index contributed by atoms with van der Waals surface area (Å²) >= 11 is 0. The number of ketones is 1. The fourth-order valence-electron chi connectivity index (χ4n) is 3.32. The van der Waals surface area contributed by atoms with Crippen LogP contribution in [0.5, 0.6) is 0 Å². The molecule has 1 aliphatic heterocycles. The molecule has 0 N–H and O–H groups in total. The van der Waals surface area contributed by atoms with Gasteiger partial charge in [0.25, 0.3) is 0 Å². The second-order valence-electron chi connectivity index (χ2n) is 7.22. The number of sulfonamides is 1. The van der Waals surface area contributed by atoms with E-state index >= 15 is 0 Å². The van der Waals surface area contributed by atoms with Crippen molar-refractivity contribution >= 4 is 27.5 Å². The molecule has 1 heterocycles. The minimum Gasteiger partial charge on any atom is -0.454 e.